The van der Waals surface area contributed by atoms with Gasteiger partial charge in [-0.1, -0.05) is 36.4 Å². The highest BCUT2D eigenvalue weighted by Gasteiger charge is 2.07. The number of halogens is 1. The van der Waals surface area contributed by atoms with Gasteiger partial charge in [-0.15, -0.1) is 0 Å². The van der Waals surface area contributed by atoms with Crippen LogP contribution in [0.5, 0.6) is 11.8 Å². The highest BCUT2D eigenvalue weighted by atomic mass is 35.5. The predicted octanol–water partition coefficient (Wildman–Crippen LogP) is 3.78. The monoisotopic (exact) mass is 271 g/mol. The van der Waals surface area contributed by atoms with Gasteiger partial charge in [-0.05, 0) is 30.0 Å². The summed E-state index contributed by atoms with van der Waals surface area (Å²) >= 11 is 5.79. The molecule has 94 valence electrons. The van der Waals surface area contributed by atoms with Gasteiger partial charge in [0, 0.05) is 5.39 Å². The van der Waals surface area contributed by atoms with Crippen molar-refractivity contribution in [1.82, 2.24) is 15.0 Å². The zero-order valence-corrected chi connectivity index (χ0v) is 10.9. The number of hydrogen-bond donors (Lipinski definition) is 0. The molecule has 0 saturated heterocycles. The third-order valence-electron chi connectivity index (χ3n) is 2.65. The number of rotatable bonds is 2. The maximum atomic E-state index is 5.79. The third kappa shape index (κ3) is 2.48. The Balaban J connectivity index is 2.05. The number of benzene rings is 2. The lowest BCUT2D eigenvalue weighted by atomic mass is 10.1. The topological polar surface area (TPSA) is 47.9 Å². The average Bonchev–Trinajstić information content (AvgIpc) is 2.38. The van der Waals surface area contributed by atoms with E-state index in [1.165, 1.54) is 0 Å². The van der Waals surface area contributed by atoms with Crippen LogP contribution in [0.25, 0.3) is 10.8 Å². The van der Waals surface area contributed by atoms with Crippen LogP contribution in [0.3, 0.4) is 0 Å². The van der Waals surface area contributed by atoms with Gasteiger partial charge in [0.25, 0.3) is 0 Å². The maximum absolute atomic E-state index is 5.79. The Hall–Kier alpha value is -2.20. The van der Waals surface area contributed by atoms with Crippen molar-refractivity contribution in [2.24, 2.45) is 0 Å². The van der Waals surface area contributed by atoms with E-state index in [-0.39, 0.29) is 11.3 Å². The van der Waals surface area contributed by atoms with Crippen LogP contribution in [0.15, 0.2) is 42.5 Å². The molecule has 1 heterocycles. The smallest absolute Gasteiger partial charge is 0.326 e. The van der Waals surface area contributed by atoms with Crippen LogP contribution in [-0.4, -0.2) is 15.0 Å². The highest BCUT2D eigenvalue weighted by Crippen LogP contribution is 2.28. The molecule has 0 aliphatic carbocycles. The minimum Gasteiger partial charge on any atom is -0.424 e. The number of hydrogen-bond acceptors (Lipinski definition) is 4. The van der Waals surface area contributed by atoms with Gasteiger partial charge in [-0.3, -0.25) is 0 Å². The quantitative estimate of drug-likeness (QED) is 0.712. The second-order valence-corrected chi connectivity index (χ2v) is 4.35. The van der Waals surface area contributed by atoms with Gasteiger partial charge in [0.2, 0.25) is 5.28 Å². The summed E-state index contributed by atoms with van der Waals surface area (Å²) in [5.74, 6) is 1.22. The lowest BCUT2D eigenvalue weighted by Crippen LogP contribution is -1.97. The molecule has 0 amide bonds. The molecule has 0 aliphatic rings. The zero-order valence-electron chi connectivity index (χ0n) is 10.2. The van der Waals surface area contributed by atoms with E-state index in [0.717, 1.165) is 10.8 Å². The van der Waals surface area contributed by atoms with E-state index < -0.39 is 0 Å². The molecule has 2 aromatic carbocycles. The summed E-state index contributed by atoms with van der Waals surface area (Å²) in [7, 11) is 0. The molecule has 0 N–H and O–H groups in total. The summed E-state index contributed by atoms with van der Waals surface area (Å²) < 4.78 is 5.71. The van der Waals surface area contributed by atoms with Gasteiger partial charge < -0.3 is 4.74 Å². The minimum atomic E-state index is 0.128. The maximum Gasteiger partial charge on any atom is 0.326 e. The minimum absolute atomic E-state index is 0.128. The molecule has 0 aliphatic heterocycles. The van der Waals surface area contributed by atoms with Crippen LogP contribution < -0.4 is 4.74 Å². The number of ether oxygens (including phenoxy) is 1. The Morgan fingerprint density at radius 2 is 1.74 bits per heavy atom. The normalized spacial score (nSPS) is 10.6. The van der Waals surface area contributed by atoms with E-state index in [1.807, 2.05) is 42.5 Å². The molecule has 19 heavy (non-hydrogen) atoms. The van der Waals surface area contributed by atoms with E-state index in [9.17, 15) is 0 Å². The van der Waals surface area contributed by atoms with Crippen LogP contribution >= 0.6 is 11.6 Å². The largest absolute Gasteiger partial charge is 0.424 e. The SMILES string of the molecule is Cc1nc(Cl)nc(Oc2cccc3ccccc23)n1. The molecule has 0 spiro atoms. The highest BCUT2D eigenvalue weighted by molar-refractivity contribution is 6.28. The Labute approximate surface area is 115 Å². The molecule has 4 nitrogen and oxygen atoms in total. The average molecular weight is 272 g/mol. The second kappa shape index (κ2) is 4.82. The molecule has 3 aromatic rings. The summed E-state index contributed by atoms with van der Waals surface area (Å²) in [5, 5.41) is 2.22. The van der Waals surface area contributed by atoms with Crippen molar-refractivity contribution in [2.75, 3.05) is 0 Å². The Morgan fingerprint density at radius 1 is 0.947 bits per heavy atom. The first-order valence-corrected chi connectivity index (χ1v) is 6.14. The molecule has 0 saturated carbocycles. The summed E-state index contributed by atoms with van der Waals surface area (Å²) in [6, 6.07) is 14.0. The van der Waals surface area contributed by atoms with E-state index >= 15 is 0 Å². The molecule has 5 heteroatoms. The molecule has 0 bridgehead atoms. The number of nitrogens with zero attached hydrogens (tertiary/aromatic N) is 3. The first-order valence-electron chi connectivity index (χ1n) is 5.76. The van der Waals surface area contributed by atoms with Crippen LogP contribution in [0, 0.1) is 6.92 Å². The van der Waals surface area contributed by atoms with Crippen molar-refractivity contribution in [3.8, 4) is 11.8 Å². The van der Waals surface area contributed by atoms with Crippen LogP contribution in [0.2, 0.25) is 5.28 Å². The van der Waals surface area contributed by atoms with Crippen molar-refractivity contribution >= 4 is 22.4 Å². The molecule has 0 fully saturated rings. The molecule has 0 atom stereocenters. The lowest BCUT2D eigenvalue weighted by molar-refractivity contribution is 0.442. The van der Waals surface area contributed by atoms with Gasteiger partial charge in [-0.2, -0.15) is 9.97 Å². The Bertz CT molecular complexity index is 720. The number of fused-ring (bicyclic) bond motifs is 1. The first-order chi connectivity index (χ1) is 9.22. The van der Waals surface area contributed by atoms with E-state index in [1.54, 1.807) is 6.92 Å². The van der Waals surface area contributed by atoms with E-state index in [0.29, 0.717) is 11.6 Å². The summed E-state index contributed by atoms with van der Waals surface area (Å²) in [4.78, 5) is 12.0. The number of aryl methyl sites for hydroxylation is 1. The lowest BCUT2D eigenvalue weighted by Gasteiger charge is -2.07. The van der Waals surface area contributed by atoms with Gasteiger partial charge in [0.15, 0.2) is 0 Å². The fourth-order valence-electron chi connectivity index (χ4n) is 1.85. The van der Waals surface area contributed by atoms with E-state index in [2.05, 4.69) is 15.0 Å². The molecule has 0 radical (unpaired) electrons. The Kier molecular flexibility index (Phi) is 3.01. The van der Waals surface area contributed by atoms with Gasteiger partial charge in [-0.25, -0.2) is 4.98 Å². The molecular weight excluding hydrogens is 262 g/mol. The first kappa shape index (κ1) is 11.9. The summed E-state index contributed by atoms with van der Waals surface area (Å²) in [6.45, 7) is 1.74. The molecule has 1 aromatic heterocycles. The summed E-state index contributed by atoms with van der Waals surface area (Å²) in [5.41, 5.74) is 0. The fraction of sp³-hybridized carbons (Fsp3) is 0.0714. The van der Waals surface area contributed by atoms with Crippen molar-refractivity contribution in [2.45, 2.75) is 6.92 Å². The molecular formula is C14H10ClN3O. The van der Waals surface area contributed by atoms with Crippen molar-refractivity contribution < 1.29 is 4.74 Å². The molecule has 0 unspecified atom stereocenters. The van der Waals surface area contributed by atoms with Gasteiger partial charge in [0.05, 0.1) is 0 Å². The van der Waals surface area contributed by atoms with Crippen LogP contribution in [0.4, 0.5) is 0 Å². The standard InChI is InChI=1S/C14H10ClN3O/c1-9-16-13(15)18-14(17-9)19-12-8-4-6-10-5-2-3-7-11(10)12/h2-8H,1H3. The fourth-order valence-corrected chi connectivity index (χ4v) is 2.05. The molecule has 3 rings (SSSR count). The van der Waals surface area contributed by atoms with Gasteiger partial charge in [0.1, 0.15) is 11.6 Å². The van der Waals surface area contributed by atoms with E-state index in [4.69, 9.17) is 16.3 Å². The zero-order chi connectivity index (χ0) is 13.2. The van der Waals surface area contributed by atoms with Crippen molar-refractivity contribution in [3.63, 3.8) is 0 Å². The Morgan fingerprint density at radius 3 is 2.58 bits per heavy atom. The second-order valence-electron chi connectivity index (χ2n) is 4.01. The summed E-state index contributed by atoms with van der Waals surface area (Å²) in [6.07, 6.45) is 0. The van der Waals surface area contributed by atoms with Gasteiger partial charge >= 0.3 is 6.01 Å². The van der Waals surface area contributed by atoms with Crippen LogP contribution in [0.1, 0.15) is 5.82 Å². The number of aromatic nitrogens is 3. The predicted molar refractivity (Wildman–Crippen MR) is 73.6 cm³/mol. The van der Waals surface area contributed by atoms with Crippen molar-refractivity contribution in [3.05, 3.63) is 53.6 Å². The van der Waals surface area contributed by atoms with Crippen LogP contribution in [-0.2, 0) is 0 Å². The third-order valence-corrected chi connectivity index (χ3v) is 2.82. The van der Waals surface area contributed by atoms with Crippen molar-refractivity contribution in [1.29, 1.82) is 0 Å².